The molecule has 0 heterocycles. The summed E-state index contributed by atoms with van der Waals surface area (Å²) in [6, 6.07) is 14.2. The molecular weight excluding hydrogens is 423 g/mol. The second-order valence-electron chi connectivity index (χ2n) is 6.60. The molecule has 3 rings (SSSR count). The van der Waals surface area contributed by atoms with Crippen molar-refractivity contribution < 1.29 is 23.8 Å². The second kappa shape index (κ2) is 9.43. The van der Waals surface area contributed by atoms with Gasteiger partial charge in [0.2, 0.25) is 0 Å². The molecule has 162 valence electrons. The normalized spacial score (nSPS) is 10.3. The summed E-state index contributed by atoms with van der Waals surface area (Å²) in [6.45, 7) is -0.00438. The fourth-order valence-corrected chi connectivity index (χ4v) is 2.79. The van der Waals surface area contributed by atoms with E-state index in [0.29, 0.717) is 11.3 Å². The summed E-state index contributed by atoms with van der Waals surface area (Å²) < 4.78 is 13.0. The van der Waals surface area contributed by atoms with Crippen LogP contribution in [0, 0.1) is 26.0 Å². The molecule has 0 fully saturated rings. The minimum atomic E-state index is -0.822. The zero-order valence-corrected chi connectivity index (χ0v) is 16.3. The van der Waals surface area contributed by atoms with E-state index in [9.17, 15) is 34.2 Å². The van der Waals surface area contributed by atoms with E-state index in [1.165, 1.54) is 24.3 Å². The standard InChI is InChI=1S/C21H15FN4O6/c22-16-6-4-14(5-7-16)21(28)24-17-3-1-2-13(8-17)12-23-20(27)15-9-18(25(29)30)11-19(10-15)26(31)32/h1-11H,12H2,(H,23,27)(H,24,28). The zero-order valence-electron chi connectivity index (χ0n) is 16.3. The molecule has 0 spiro atoms. The number of hydrogen-bond donors (Lipinski definition) is 2. The van der Waals surface area contributed by atoms with E-state index in [0.717, 1.165) is 18.2 Å². The number of carbonyl (C=O) groups excluding carboxylic acids is 2. The topological polar surface area (TPSA) is 144 Å². The molecule has 32 heavy (non-hydrogen) atoms. The van der Waals surface area contributed by atoms with Crippen molar-refractivity contribution in [2.24, 2.45) is 0 Å². The number of nitrogens with zero attached hydrogens (tertiary/aromatic N) is 2. The molecule has 0 unspecified atom stereocenters. The SMILES string of the molecule is O=C(NCc1cccc(NC(=O)c2ccc(F)cc2)c1)c1cc([N+](=O)[O-])cc([N+](=O)[O-])c1. The Morgan fingerprint density at radius 1 is 0.812 bits per heavy atom. The van der Waals surface area contributed by atoms with Crippen LogP contribution in [0.25, 0.3) is 0 Å². The van der Waals surface area contributed by atoms with Gasteiger partial charge < -0.3 is 10.6 Å². The molecule has 3 aromatic carbocycles. The monoisotopic (exact) mass is 438 g/mol. The summed E-state index contributed by atoms with van der Waals surface area (Å²) in [5.74, 6) is -1.65. The zero-order chi connectivity index (χ0) is 23.3. The summed E-state index contributed by atoms with van der Waals surface area (Å²) in [5.41, 5.74) is -0.0963. The van der Waals surface area contributed by atoms with Crippen molar-refractivity contribution in [1.82, 2.24) is 5.32 Å². The molecule has 0 saturated carbocycles. The van der Waals surface area contributed by atoms with E-state index >= 15 is 0 Å². The molecule has 0 aliphatic carbocycles. The number of carbonyl (C=O) groups is 2. The number of anilines is 1. The minimum Gasteiger partial charge on any atom is -0.348 e. The van der Waals surface area contributed by atoms with Gasteiger partial charge in [-0.2, -0.15) is 0 Å². The van der Waals surface area contributed by atoms with Crippen LogP contribution in [0.3, 0.4) is 0 Å². The lowest BCUT2D eigenvalue weighted by Crippen LogP contribution is -2.23. The maximum atomic E-state index is 13.0. The van der Waals surface area contributed by atoms with Gasteiger partial charge in [0.15, 0.2) is 0 Å². The van der Waals surface area contributed by atoms with Gasteiger partial charge in [0.1, 0.15) is 5.82 Å². The summed E-state index contributed by atoms with van der Waals surface area (Å²) in [6.07, 6.45) is 0. The maximum Gasteiger partial charge on any atom is 0.277 e. The second-order valence-corrected chi connectivity index (χ2v) is 6.60. The van der Waals surface area contributed by atoms with Crippen molar-refractivity contribution >= 4 is 28.9 Å². The van der Waals surface area contributed by atoms with Crippen LogP contribution >= 0.6 is 0 Å². The van der Waals surface area contributed by atoms with Gasteiger partial charge >= 0.3 is 0 Å². The van der Waals surface area contributed by atoms with E-state index in [1.807, 2.05) is 0 Å². The van der Waals surface area contributed by atoms with Crippen LogP contribution in [0.4, 0.5) is 21.5 Å². The fourth-order valence-electron chi connectivity index (χ4n) is 2.79. The Labute approximate surface area is 180 Å². The van der Waals surface area contributed by atoms with Crippen LogP contribution in [0.5, 0.6) is 0 Å². The first-order valence-corrected chi connectivity index (χ1v) is 9.11. The van der Waals surface area contributed by atoms with Gasteiger partial charge in [-0.25, -0.2) is 4.39 Å². The Kier molecular flexibility index (Phi) is 6.49. The van der Waals surface area contributed by atoms with E-state index in [1.54, 1.807) is 24.3 Å². The Balaban J connectivity index is 1.69. The van der Waals surface area contributed by atoms with Crippen LogP contribution in [-0.2, 0) is 6.54 Å². The predicted octanol–water partition coefficient (Wildman–Crippen LogP) is 3.82. The number of rotatable bonds is 7. The molecule has 0 atom stereocenters. The summed E-state index contributed by atoms with van der Waals surface area (Å²) in [4.78, 5) is 44.9. The summed E-state index contributed by atoms with van der Waals surface area (Å²) in [5, 5.41) is 27.1. The number of halogens is 1. The van der Waals surface area contributed by atoms with Gasteiger partial charge in [-0.3, -0.25) is 29.8 Å². The molecule has 3 aromatic rings. The predicted molar refractivity (Wildman–Crippen MR) is 112 cm³/mol. The molecule has 10 nitrogen and oxygen atoms in total. The Morgan fingerprint density at radius 2 is 1.44 bits per heavy atom. The van der Waals surface area contributed by atoms with Gasteiger partial charge in [-0.1, -0.05) is 12.1 Å². The molecule has 0 aromatic heterocycles. The van der Waals surface area contributed by atoms with Gasteiger partial charge in [0.05, 0.1) is 21.5 Å². The van der Waals surface area contributed by atoms with E-state index in [4.69, 9.17) is 0 Å². The van der Waals surface area contributed by atoms with E-state index in [2.05, 4.69) is 10.6 Å². The lowest BCUT2D eigenvalue weighted by Gasteiger charge is -2.09. The van der Waals surface area contributed by atoms with Crippen molar-refractivity contribution in [3.63, 3.8) is 0 Å². The highest BCUT2D eigenvalue weighted by Crippen LogP contribution is 2.23. The minimum absolute atomic E-state index is 0.00438. The van der Waals surface area contributed by atoms with Gasteiger partial charge in [-0.05, 0) is 42.0 Å². The average molecular weight is 438 g/mol. The number of benzene rings is 3. The third kappa shape index (κ3) is 5.48. The Hall–Kier alpha value is -4.67. The highest BCUT2D eigenvalue weighted by molar-refractivity contribution is 6.04. The van der Waals surface area contributed by atoms with Crippen LogP contribution in [0.1, 0.15) is 26.3 Å². The lowest BCUT2D eigenvalue weighted by atomic mass is 10.1. The highest BCUT2D eigenvalue weighted by Gasteiger charge is 2.19. The van der Waals surface area contributed by atoms with Gasteiger partial charge in [-0.15, -0.1) is 0 Å². The number of hydrogen-bond acceptors (Lipinski definition) is 6. The maximum absolute atomic E-state index is 13.0. The number of non-ortho nitro benzene ring substituents is 2. The molecule has 0 saturated heterocycles. The van der Waals surface area contributed by atoms with E-state index < -0.39 is 38.9 Å². The molecule has 0 radical (unpaired) electrons. The summed E-state index contributed by atoms with van der Waals surface area (Å²) >= 11 is 0. The largest absolute Gasteiger partial charge is 0.348 e. The Morgan fingerprint density at radius 3 is 2.03 bits per heavy atom. The van der Waals surface area contributed by atoms with Crippen molar-refractivity contribution in [2.45, 2.75) is 6.54 Å². The Bertz CT molecular complexity index is 1180. The quantitative estimate of drug-likeness (QED) is 0.424. The molecule has 11 heteroatoms. The van der Waals surface area contributed by atoms with Crippen molar-refractivity contribution in [3.05, 3.63) is 109 Å². The van der Waals surface area contributed by atoms with E-state index in [-0.39, 0.29) is 17.7 Å². The van der Waals surface area contributed by atoms with Gasteiger partial charge in [0.25, 0.3) is 23.2 Å². The average Bonchev–Trinajstić information content (AvgIpc) is 2.77. The van der Waals surface area contributed by atoms with Crippen LogP contribution in [0.2, 0.25) is 0 Å². The van der Waals surface area contributed by atoms with Crippen molar-refractivity contribution in [1.29, 1.82) is 0 Å². The molecular formula is C21H15FN4O6. The van der Waals surface area contributed by atoms with Gasteiger partial charge in [0, 0.05) is 29.9 Å². The molecule has 0 aliphatic heterocycles. The summed E-state index contributed by atoms with van der Waals surface area (Å²) in [7, 11) is 0. The smallest absolute Gasteiger partial charge is 0.277 e. The molecule has 2 amide bonds. The first kappa shape index (κ1) is 22.0. The number of amides is 2. The lowest BCUT2D eigenvalue weighted by molar-refractivity contribution is -0.394. The molecule has 2 N–H and O–H groups in total. The van der Waals surface area contributed by atoms with Crippen LogP contribution < -0.4 is 10.6 Å². The molecule has 0 aliphatic rings. The van der Waals surface area contributed by atoms with Crippen molar-refractivity contribution in [3.8, 4) is 0 Å². The van der Waals surface area contributed by atoms with Crippen LogP contribution in [0.15, 0.2) is 66.7 Å². The number of nitro groups is 2. The number of nitro benzene ring substituents is 2. The molecule has 0 bridgehead atoms. The fraction of sp³-hybridized carbons (Fsp3) is 0.0476. The first-order chi connectivity index (χ1) is 15.2. The third-order valence-electron chi connectivity index (χ3n) is 4.33. The highest BCUT2D eigenvalue weighted by atomic mass is 19.1. The van der Waals surface area contributed by atoms with Crippen LogP contribution in [-0.4, -0.2) is 21.7 Å². The first-order valence-electron chi connectivity index (χ1n) is 9.11. The van der Waals surface area contributed by atoms with Crippen molar-refractivity contribution in [2.75, 3.05) is 5.32 Å². The number of nitrogens with one attached hydrogen (secondary N) is 2. The third-order valence-corrected chi connectivity index (χ3v) is 4.33.